The number of amidine groups is 1. The van der Waals surface area contributed by atoms with Gasteiger partial charge in [0.1, 0.15) is 16.5 Å². The van der Waals surface area contributed by atoms with Crippen LogP contribution in [-0.4, -0.2) is 39.3 Å². The second-order valence-corrected chi connectivity index (χ2v) is 8.89. The van der Waals surface area contributed by atoms with E-state index in [1.165, 1.54) is 6.07 Å². The topological polar surface area (TPSA) is 123 Å². The van der Waals surface area contributed by atoms with Crippen LogP contribution in [0.5, 0.6) is 5.75 Å². The van der Waals surface area contributed by atoms with Gasteiger partial charge in [-0.05, 0) is 49.2 Å². The Morgan fingerprint density at radius 2 is 1.84 bits per heavy atom. The molecule has 0 saturated carbocycles. The Balaban J connectivity index is 1.45. The van der Waals surface area contributed by atoms with E-state index in [1.807, 2.05) is 6.92 Å². The smallest absolute Gasteiger partial charge is 0.306 e. The van der Waals surface area contributed by atoms with Gasteiger partial charge >= 0.3 is 5.97 Å². The Morgan fingerprint density at radius 3 is 2.56 bits per heavy atom. The molecule has 0 spiro atoms. The van der Waals surface area contributed by atoms with Crippen LogP contribution in [0.4, 0.5) is 11.4 Å². The number of para-hydroxylation sites is 1. The lowest BCUT2D eigenvalue weighted by Gasteiger charge is -2.20. The normalized spacial score (nSPS) is 14.9. The van der Waals surface area contributed by atoms with E-state index in [1.54, 1.807) is 49.4 Å². The number of benzene rings is 2. The van der Waals surface area contributed by atoms with Crippen molar-refractivity contribution in [3.05, 3.63) is 48.5 Å². The minimum atomic E-state index is -3.77. The molecule has 0 aliphatic carbocycles. The fourth-order valence-electron chi connectivity index (χ4n) is 3.15. The molecule has 9 nitrogen and oxygen atoms in total. The number of fused-ring (bicyclic) bond motifs is 1. The lowest BCUT2D eigenvalue weighted by Crippen LogP contribution is -2.25. The van der Waals surface area contributed by atoms with Gasteiger partial charge in [-0.25, -0.2) is 0 Å². The number of carbonyl (C=O) groups excluding carboxylic acids is 2. The van der Waals surface area contributed by atoms with E-state index in [9.17, 15) is 18.0 Å². The van der Waals surface area contributed by atoms with Crippen LogP contribution < -0.4 is 15.4 Å². The summed E-state index contributed by atoms with van der Waals surface area (Å²) in [6, 6.07) is 13.3. The molecule has 10 heteroatoms. The Kier molecular flexibility index (Phi) is 7.47. The fourth-order valence-corrected chi connectivity index (χ4v) is 4.30. The summed E-state index contributed by atoms with van der Waals surface area (Å²) in [5.41, 5.74) is 1.02. The number of anilines is 2. The molecule has 2 N–H and O–H groups in total. The number of hydrogen-bond acceptors (Lipinski definition) is 7. The van der Waals surface area contributed by atoms with Gasteiger partial charge in [-0.15, -0.1) is 4.40 Å². The van der Waals surface area contributed by atoms with Crippen molar-refractivity contribution in [3.8, 4) is 5.75 Å². The maximum atomic E-state index is 12.3. The van der Waals surface area contributed by atoms with Gasteiger partial charge in [0.05, 0.1) is 12.3 Å². The molecule has 0 radical (unpaired) electrons. The molecule has 32 heavy (non-hydrogen) atoms. The Hall–Kier alpha value is -3.40. The van der Waals surface area contributed by atoms with Crippen LogP contribution in [0.2, 0.25) is 0 Å². The zero-order valence-corrected chi connectivity index (χ0v) is 18.6. The quantitative estimate of drug-likeness (QED) is 0.552. The molecule has 1 amide bonds. The number of amides is 1. The first-order valence-corrected chi connectivity index (χ1v) is 11.6. The molecule has 1 heterocycles. The van der Waals surface area contributed by atoms with E-state index in [0.717, 1.165) is 0 Å². The van der Waals surface area contributed by atoms with Gasteiger partial charge in [0, 0.05) is 18.5 Å². The molecule has 1 atom stereocenters. The third kappa shape index (κ3) is 6.30. The molecule has 0 bridgehead atoms. The molecule has 0 fully saturated rings. The molecule has 0 unspecified atom stereocenters. The molecule has 1 aliphatic rings. The molecule has 170 valence electrons. The molecule has 3 rings (SSSR count). The molecule has 0 saturated heterocycles. The van der Waals surface area contributed by atoms with E-state index < -0.39 is 28.5 Å². The first-order valence-electron chi connectivity index (χ1n) is 10.1. The van der Waals surface area contributed by atoms with Gasteiger partial charge in [0.25, 0.3) is 15.9 Å². The molecular weight excluding hydrogens is 434 g/mol. The van der Waals surface area contributed by atoms with E-state index in [4.69, 9.17) is 9.47 Å². The predicted octanol–water partition coefficient (Wildman–Crippen LogP) is 3.20. The summed E-state index contributed by atoms with van der Waals surface area (Å²) in [6.45, 7) is 3.79. The number of nitrogens with one attached hydrogen (secondary N) is 2. The molecule has 1 aliphatic heterocycles. The summed E-state index contributed by atoms with van der Waals surface area (Å²) in [6.07, 6.45) is 0.250. The summed E-state index contributed by atoms with van der Waals surface area (Å²) in [5.74, 6) is -0.310. The van der Waals surface area contributed by atoms with Crippen LogP contribution in [0, 0.1) is 5.92 Å². The van der Waals surface area contributed by atoms with Crippen molar-refractivity contribution in [1.29, 1.82) is 0 Å². The minimum Gasteiger partial charge on any atom is -0.494 e. The average molecular weight is 460 g/mol. The van der Waals surface area contributed by atoms with E-state index in [0.29, 0.717) is 23.7 Å². The van der Waals surface area contributed by atoms with Gasteiger partial charge in [-0.1, -0.05) is 19.1 Å². The van der Waals surface area contributed by atoms with Crippen molar-refractivity contribution in [1.82, 2.24) is 0 Å². The Morgan fingerprint density at radius 1 is 1.12 bits per heavy atom. The van der Waals surface area contributed by atoms with Crippen molar-refractivity contribution in [3.63, 3.8) is 0 Å². The van der Waals surface area contributed by atoms with Crippen molar-refractivity contribution in [2.75, 3.05) is 23.8 Å². The highest BCUT2D eigenvalue weighted by molar-refractivity contribution is 7.90. The van der Waals surface area contributed by atoms with Crippen molar-refractivity contribution < 1.29 is 27.5 Å². The Bertz CT molecular complexity index is 1110. The lowest BCUT2D eigenvalue weighted by molar-refractivity contribution is -0.148. The maximum Gasteiger partial charge on any atom is 0.306 e. The number of nitrogens with zero attached hydrogens (tertiary/aromatic N) is 1. The summed E-state index contributed by atoms with van der Waals surface area (Å²) in [7, 11) is -3.77. The van der Waals surface area contributed by atoms with Gasteiger partial charge < -0.3 is 20.1 Å². The molecule has 0 aromatic heterocycles. The SMILES string of the molecule is CCOc1ccc(NC(=O)COC(=O)C[C@H](C)CC2=NS(=O)(=O)c3ccccc3N2)cc1. The van der Waals surface area contributed by atoms with Gasteiger partial charge in [0.15, 0.2) is 6.61 Å². The monoisotopic (exact) mass is 459 g/mol. The zero-order valence-electron chi connectivity index (χ0n) is 17.8. The second-order valence-electron chi connectivity index (χ2n) is 7.31. The molecular formula is C22H25N3O6S. The highest BCUT2D eigenvalue weighted by Gasteiger charge is 2.25. The van der Waals surface area contributed by atoms with Gasteiger partial charge in [0.2, 0.25) is 0 Å². The number of carbonyl (C=O) groups is 2. The second kappa shape index (κ2) is 10.3. The standard InChI is InChI=1S/C22H25N3O6S/c1-3-30-17-10-8-16(9-11-17)23-21(26)14-31-22(27)13-15(2)12-20-24-18-6-4-5-7-19(18)32(28,29)25-20/h4-11,15H,3,12-14H2,1-2H3,(H,23,26)(H,24,25)/t15-/m1/s1. The molecule has 2 aromatic rings. The lowest BCUT2D eigenvalue weighted by atomic mass is 10.0. The third-order valence-corrected chi connectivity index (χ3v) is 5.92. The van der Waals surface area contributed by atoms with Crippen LogP contribution in [0.25, 0.3) is 0 Å². The largest absolute Gasteiger partial charge is 0.494 e. The zero-order chi connectivity index (χ0) is 23.1. The summed E-state index contributed by atoms with van der Waals surface area (Å²) in [5, 5.41) is 5.63. The van der Waals surface area contributed by atoms with E-state index in [2.05, 4.69) is 15.0 Å². The Labute approximate surface area is 186 Å². The van der Waals surface area contributed by atoms with Gasteiger partial charge in [-0.2, -0.15) is 8.42 Å². The summed E-state index contributed by atoms with van der Waals surface area (Å²) in [4.78, 5) is 24.2. The van der Waals surface area contributed by atoms with E-state index >= 15 is 0 Å². The highest BCUT2D eigenvalue weighted by atomic mass is 32.2. The fraction of sp³-hybridized carbons (Fsp3) is 0.318. The minimum absolute atomic E-state index is 0.0126. The highest BCUT2D eigenvalue weighted by Crippen LogP contribution is 2.28. The van der Waals surface area contributed by atoms with Crippen LogP contribution >= 0.6 is 0 Å². The van der Waals surface area contributed by atoms with E-state index in [-0.39, 0.29) is 29.5 Å². The number of ether oxygens (including phenoxy) is 2. The van der Waals surface area contributed by atoms with Crippen LogP contribution in [0.15, 0.2) is 57.8 Å². The first kappa shape index (κ1) is 23.3. The summed E-state index contributed by atoms with van der Waals surface area (Å²) >= 11 is 0. The first-order chi connectivity index (χ1) is 15.3. The van der Waals surface area contributed by atoms with Gasteiger partial charge in [-0.3, -0.25) is 9.59 Å². The number of sulfonamides is 1. The molecule has 2 aromatic carbocycles. The van der Waals surface area contributed by atoms with Crippen molar-refractivity contribution in [2.24, 2.45) is 10.3 Å². The van der Waals surface area contributed by atoms with Crippen LogP contribution in [0.1, 0.15) is 26.7 Å². The van der Waals surface area contributed by atoms with Crippen molar-refractivity contribution >= 4 is 39.1 Å². The number of esters is 1. The number of hydrogen-bond donors (Lipinski definition) is 2. The third-order valence-electron chi connectivity index (χ3n) is 4.54. The van der Waals surface area contributed by atoms with Crippen molar-refractivity contribution in [2.45, 2.75) is 31.6 Å². The summed E-state index contributed by atoms with van der Waals surface area (Å²) < 4.78 is 38.8. The number of rotatable bonds is 9. The predicted molar refractivity (Wildman–Crippen MR) is 120 cm³/mol. The average Bonchev–Trinajstić information content (AvgIpc) is 2.73. The maximum absolute atomic E-state index is 12.3. The van der Waals surface area contributed by atoms with Crippen LogP contribution in [-0.2, 0) is 24.3 Å². The van der Waals surface area contributed by atoms with Crippen LogP contribution in [0.3, 0.4) is 0 Å².